The lowest BCUT2D eigenvalue weighted by Crippen LogP contribution is -2.07. The van der Waals surface area contributed by atoms with Crippen LogP contribution in [0.4, 0.5) is 10.8 Å². The van der Waals surface area contributed by atoms with Gasteiger partial charge in [-0.05, 0) is 31.5 Å². The van der Waals surface area contributed by atoms with Crippen LogP contribution in [-0.2, 0) is 11.2 Å². The molecule has 0 aliphatic heterocycles. The first-order valence-corrected chi connectivity index (χ1v) is 8.85. The minimum absolute atomic E-state index is 0.328. The number of esters is 1. The maximum absolute atomic E-state index is 12.2. The molecule has 7 heteroatoms. The van der Waals surface area contributed by atoms with Crippen molar-refractivity contribution in [3.05, 3.63) is 40.8 Å². The van der Waals surface area contributed by atoms with E-state index in [0.29, 0.717) is 28.9 Å². The van der Waals surface area contributed by atoms with Crippen molar-refractivity contribution >= 4 is 39.2 Å². The van der Waals surface area contributed by atoms with E-state index in [9.17, 15) is 4.79 Å². The summed E-state index contributed by atoms with van der Waals surface area (Å²) in [6, 6.07) is 9.41. The van der Waals surface area contributed by atoms with Crippen LogP contribution in [0.25, 0.3) is 11.0 Å². The molecule has 0 saturated carbocycles. The Hall–Kier alpha value is -2.67. The van der Waals surface area contributed by atoms with Gasteiger partial charge in [-0.25, -0.2) is 14.8 Å². The Morgan fingerprint density at radius 3 is 2.56 bits per heavy atom. The number of fused-ring (bicyclic) bond motifs is 1. The highest BCUT2D eigenvalue weighted by Crippen LogP contribution is 2.34. The molecule has 0 saturated heterocycles. The van der Waals surface area contributed by atoms with Gasteiger partial charge in [-0.1, -0.05) is 19.1 Å². The fraction of sp³-hybridized carbons (Fsp3) is 0.278. The summed E-state index contributed by atoms with van der Waals surface area (Å²) in [6.45, 7) is 4.16. The maximum Gasteiger partial charge on any atom is 0.341 e. The van der Waals surface area contributed by atoms with E-state index >= 15 is 0 Å². The van der Waals surface area contributed by atoms with Crippen LogP contribution < -0.4 is 10.1 Å². The summed E-state index contributed by atoms with van der Waals surface area (Å²) >= 11 is 1.50. The predicted molar refractivity (Wildman–Crippen MR) is 99.0 cm³/mol. The molecule has 130 valence electrons. The first kappa shape index (κ1) is 17.2. The molecule has 0 bridgehead atoms. The van der Waals surface area contributed by atoms with E-state index in [1.165, 1.54) is 11.3 Å². The SMILES string of the molecule is CCOC(=O)c1cc(CC)sc1Nc1nc2ccccc2nc1OC. The summed E-state index contributed by atoms with van der Waals surface area (Å²) in [4.78, 5) is 22.4. The average Bonchev–Trinajstić information content (AvgIpc) is 3.04. The summed E-state index contributed by atoms with van der Waals surface area (Å²) in [5.74, 6) is 0.491. The molecule has 0 amide bonds. The standard InChI is InChI=1S/C18H19N3O3S/c1-4-11-10-12(18(22)24-5-2)17(25-11)21-15-16(23-3)20-14-9-7-6-8-13(14)19-15/h6-10H,4-5H2,1-3H3,(H,19,21). The third-order valence-corrected chi connectivity index (χ3v) is 4.79. The van der Waals surface area contributed by atoms with E-state index in [2.05, 4.69) is 15.3 Å². The molecule has 1 aromatic carbocycles. The van der Waals surface area contributed by atoms with E-state index in [-0.39, 0.29) is 5.97 Å². The number of benzene rings is 1. The van der Waals surface area contributed by atoms with Gasteiger partial charge in [0.05, 0.1) is 30.3 Å². The molecule has 0 unspecified atom stereocenters. The monoisotopic (exact) mass is 357 g/mol. The lowest BCUT2D eigenvalue weighted by Gasteiger charge is -2.10. The number of nitrogens with zero attached hydrogens (tertiary/aromatic N) is 2. The minimum atomic E-state index is -0.353. The van der Waals surface area contributed by atoms with Crippen molar-refractivity contribution in [2.24, 2.45) is 0 Å². The molecule has 0 atom stereocenters. The van der Waals surface area contributed by atoms with Gasteiger partial charge in [-0.2, -0.15) is 0 Å². The van der Waals surface area contributed by atoms with Crippen LogP contribution in [0.3, 0.4) is 0 Å². The number of aryl methyl sites for hydroxylation is 1. The van der Waals surface area contributed by atoms with Crippen LogP contribution >= 0.6 is 11.3 Å². The number of hydrogen-bond acceptors (Lipinski definition) is 7. The number of ether oxygens (including phenoxy) is 2. The van der Waals surface area contributed by atoms with E-state index in [1.54, 1.807) is 14.0 Å². The van der Waals surface area contributed by atoms with Crippen molar-refractivity contribution in [3.63, 3.8) is 0 Å². The Balaban J connectivity index is 2.03. The molecule has 25 heavy (non-hydrogen) atoms. The molecule has 3 rings (SSSR count). The summed E-state index contributed by atoms with van der Waals surface area (Å²) in [7, 11) is 1.54. The Labute approximate surface area is 149 Å². The molecule has 3 aromatic rings. The van der Waals surface area contributed by atoms with Gasteiger partial charge in [0.2, 0.25) is 0 Å². The molecule has 0 fully saturated rings. The van der Waals surface area contributed by atoms with Gasteiger partial charge in [-0.3, -0.25) is 0 Å². The highest BCUT2D eigenvalue weighted by atomic mass is 32.1. The normalized spacial score (nSPS) is 10.7. The zero-order valence-electron chi connectivity index (χ0n) is 14.3. The Bertz CT molecular complexity index is 908. The largest absolute Gasteiger partial charge is 0.478 e. The molecule has 0 spiro atoms. The number of methoxy groups -OCH3 is 1. The summed E-state index contributed by atoms with van der Waals surface area (Å²) in [6.07, 6.45) is 0.833. The first-order valence-electron chi connectivity index (χ1n) is 8.03. The third-order valence-electron chi connectivity index (χ3n) is 3.59. The quantitative estimate of drug-likeness (QED) is 0.667. The van der Waals surface area contributed by atoms with Crippen LogP contribution in [0.1, 0.15) is 29.1 Å². The van der Waals surface area contributed by atoms with Crippen molar-refractivity contribution in [1.29, 1.82) is 0 Å². The lowest BCUT2D eigenvalue weighted by molar-refractivity contribution is 0.0528. The molecular formula is C18H19N3O3S. The van der Waals surface area contributed by atoms with Crippen LogP contribution in [0.15, 0.2) is 30.3 Å². The summed E-state index contributed by atoms with van der Waals surface area (Å²) in [5.41, 5.74) is 1.99. The summed E-state index contributed by atoms with van der Waals surface area (Å²) in [5, 5.41) is 3.88. The molecule has 0 radical (unpaired) electrons. The maximum atomic E-state index is 12.2. The smallest absolute Gasteiger partial charge is 0.341 e. The number of nitrogens with one attached hydrogen (secondary N) is 1. The van der Waals surface area contributed by atoms with Crippen LogP contribution in [0.5, 0.6) is 5.88 Å². The summed E-state index contributed by atoms with van der Waals surface area (Å²) < 4.78 is 10.5. The number of thiophene rings is 1. The van der Waals surface area contributed by atoms with Gasteiger partial charge in [0.15, 0.2) is 5.82 Å². The van der Waals surface area contributed by atoms with Gasteiger partial charge in [0, 0.05) is 4.88 Å². The zero-order valence-corrected chi connectivity index (χ0v) is 15.1. The van der Waals surface area contributed by atoms with Crippen molar-refractivity contribution < 1.29 is 14.3 Å². The Kier molecular flexibility index (Phi) is 5.14. The van der Waals surface area contributed by atoms with E-state index < -0.39 is 0 Å². The van der Waals surface area contributed by atoms with E-state index in [1.807, 2.05) is 37.3 Å². The van der Waals surface area contributed by atoms with Crippen LogP contribution in [0, 0.1) is 0 Å². The fourth-order valence-electron chi connectivity index (χ4n) is 2.38. The van der Waals surface area contributed by atoms with E-state index in [0.717, 1.165) is 22.3 Å². The van der Waals surface area contributed by atoms with Crippen LogP contribution in [0.2, 0.25) is 0 Å². The van der Waals surface area contributed by atoms with Crippen molar-refractivity contribution in [2.75, 3.05) is 19.0 Å². The van der Waals surface area contributed by atoms with Crippen molar-refractivity contribution in [1.82, 2.24) is 9.97 Å². The number of para-hydroxylation sites is 2. The van der Waals surface area contributed by atoms with E-state index in [4.69, 9.17) is 9.47 Å². The Morgan fingerprint density at radius 2 is 1.92 bits per heavy atom. The molecule has 1 N–H and O–H groups in total. The molecular weight excluding hydrogens is 338 g/mol. The van der Waals surface area contributed by atoms with Crippen molar-refractivity contribution in [3.8, 4) is 5.88 Å². The average molecular weight is 357 g/mol. The molecule has 0 aliphatic carbocycles. The number of carbonyl (C=O) groups is 1. The number of hydrogen-bond donors (Lipinski definition) is 1. The van der Waals surface area contributed by atoms with Gasteiger partial charge in [0.25, 0.3) is 5.88 Å². The first-order chi connectivity index (χ1) is 12.2. The molecule has 0 aliphatic rings. The van der Waals surface area contributed by atoms with Gasteiger partial charge in [0.1, 0.15) is 5.00 Å². The molecule has 2 aromatic heterocycles. The number of anilines is 2. The highest BCUT2D eigenvalue weighted by molar-refractivity contribution is 7.16. The highest BCUT2D eigenvalue weighted by Gasteiger charge is 2.19. The number of rotatable bonds is 6. The predicted octanol–water partition coefficient (Wildman–Crippen LogP) is 4.18. The Morgan fingerprint density at radius 1 is 1.20 bits per heavy atom. The van der Waals surface area contributed by atoms with Crippen LogP contribution in [-0.4, -0.2) is 29.7 Å². The van der Waals surface area contributed by atoms with Crippen molar-refractivity contribution in [2.45, 2.75) is 20.3 Å². The second kappa shape index (κ2) is 7.48. The zero-order chi connectivity index (χ0) is 17.8. The second-order valence-electron chi connectivity index (χ2n) is 5.22. The minimum Gasteiger partial charge on any atom is -0.478 e. The third kappa shape index (κ3) is 3.56. The fourth-order valence-corrected chi connectivity index (χ4v) is 3.37. The number of aromatic nitrogens is 2. The lowest BCUT2D eigenvalue weighted by atomic mass is 10.2. The van der Waals surface area contributed by atoms with Gasteiger partial charge >= 0.3 is 5.97 Å². The molecule has 6 nitrogen and oxygen atoms in total. The second-order valence-corrected chi connectivity index (χ2v) is 6.36. The van der Waals surface area contributed by atoms with Gasteiger partial charge in [-0.15, -0.1) is 11.3 Å². The molecule has 2 heterocycles. The topological polar surface area (TPSA) is 73.3 Å². The van der Waals surface area contributed by atoms with Gasteiger partial charge < -0.3 is 14.8 Å². The number of carbonyl (C=O) groups excluding carboxylic acids is 1.